The Morgan fingerprint density at radius 2 is 2.33 bits per heavy atom. The van der Waals surface area contributed by atoms with E-state index in [2.05, 4.69) is 10.2 Å². The molecule has 0 spiro atoms. The quantitative estimate of drug-likeness (QED) is 0.692. The maximum absolute atomic E-state index is 12.3. The lowest BCUT2D eigenvalue weighted by molar-refractivity contribution is 0.145. The van der Waals surface area contributed by atoms with Crippen LogP contribution in [0.5, 0.6) is 0 Å². The molecule has 0 aliphatic heterocycles. The van der Waals surface area contributed by atoms with Crippen molar-refractivity contribution in [2.24, 2.45) is 0 Å². The van der Waals surface area contributed by atoms with Gasteiger partial charge in [-0.1, -0.05) is 6.92 Å². The van der Waals surface area contributed by atoms with Crippen molar-refractivity contribution in [3.05, 3.63) is 17.0 Å². The highest BCUT2D eigenvalue weighted by Gasteiger charge is 2.27. The van der Waals surface area contributed by atoms with E-state index in [0.717, 1.165) is 24.1 Å². The monoisotopic (exact) mass is 172 g/mol. The minimum absolute atomic E-state index is 0.0469. The molecule has 12 heavy (non-hydrogen) atoms. The van der Waals surface area contributed by atoms with Crippen molar-refractivity contribution in [2.75, 3.05) is 0 Å². The number of halogens is 2. The molecule has 0 radical (unpaired) electrons. The van der Waals surface area contributed by atoms with Crippen molar-refractivity contribution < 1.29 is 8.78 Å². The van der Waals surface area contributed by atoms with Crippen LogP contribution in [0.4, 0.5) is 8.78 Å². The van der Waals surface area contributed by atoms with Crippen LogP contribution >= 0.6 is 0 Å². The third-order valence-corrected chi connectivity index (χ3v) is 2.46. The summed E-state index contributed by atoms with van der Waals surface area (Å²) in [7, 11) is 0. The first-order chi connectivity index (χ1) is 5.70. The highest BCUT2D eigenvalue weighted by molar-refractivity contribution is 5.32. The number of aromatic nitrogens is 2. The molecule has 0 fully saturated rings. The summed E-state index contributed by atoms with van der Waals surface area (Å²) < 4.78 is 24.6. The summed E-state index contributed by atoms with van der Waals surface area (Å²) in [6.45, 7) is 2.03. The van der Waals surface area contributed by atoms with Crippen LogP contribution in [0.25, 0.3) is 0 Å². The molecule has 0 bridgehead atoms. The normalized spacial score (nSPS) is 21.8. The van der Waals surface area contributed by atoms with E-state index in [1.807, 2.05) is 6.92 Å². The lowest BCUT2D eigenvalue weighted by Crippen LogP contribution is -1.90. The van der Waals surface area contributed by atoms with Crippen molar-refractivity contribution >= 4 is 0 Å². The topological polar surface area (TPSA) is 28.7 Å². The number of H-pyrrole nitrogens is 1. The van der Waals surface area contributed by atoms with Gasteiger partial charge in [0.2, 0.25) is 0 Å². The average Bonchev–Trinajstić information content (AvgIpc) is 2.53. The maximum atomic E-state index is 12.3. The summed E-state index contributed by atoms with van der Waals surface area (Å²) in [5.74, 6) is 0.361. The maximum Gasteiger partial charge on any atom is 0.282 e. The molecule has 1 N–H and O–H groups in total. The van der Waals surface area contributed by atoms with Crippen LogP contribution in [0.3, 0.4) is 0 Å². The number of nitrogens with one attached hydrogen (secondary N) is 1. The summed E-state index contributed by atoms with van der Waals surface area (Å²) in [5, 5.41) is 6.30. The summed E-state index contributed by atoms with van der Waals surface area (Å²) in [4.78, 5) is 0. The Labute approximate surface area is 69.0 Å². The van der Waals surface area contributed by atoms with Crippen LogP contribution < -0.4 is 0 Å². The molecule has 0 amide bonds. The number of fused-ring (bicyclic) bond motifs is 1. The second kappa shape index (κ2) is 2.54. The third kappa shape index (κ3) is 0.940. The first kappa shape index (κ1) is 7.71. The van der Waals surface area contributed by atoms with E-state index in [0.29, 0.717) is 5.92 Å². The molecule has 1 unspecified atom stereocenters. The van der Waals surface area contributed by atoms with E-state index in [1.54, 1.807) is 0 Å². The molecule has 0 aromatic carbocycles. The molecular weight excluding hydrogens is 162 g/mol. The first-order valence-corrected chi connectivity index (χ1v) is 4.05. The molecule has 2 nitrogen and oxygen atoms in total. The predicted octanol–water partition coefficient (Wildman–Crippen LogP) is 2.40. The molecule has 1 aliphatic carbocycles. The molecule has 1 heterocycles. The van der Waals surface area contributed by atoms with Gasteiger partial charge in [0.25, 0.3) is 6.43 Å². The van der Waals surface area contributed by atoms with Crippen LogP contribution in [0.15, 0.2) is 0 Å². The fourth-order valence-corrected chi connectivity index (χ4v) is 1.75. The van der Waals surface area contributed by atoms with E-state index < -0.39 is 6.43 Å². The smallest absolute Gasteiger partial charge is 0.282 e. The summed E-state index contributed by atoms with van der Waals surface area (Å²) in [5.41, 5.74) is 1.61. The van der Waals surface area contributed by atoms with E-state index in [-0.39, 0.29) is 5.69 Å². The van der Waals surface area contributed by atoms with E-state index in [1.165, 1.54) is 0 Å². The minimum atomic E-state index is -2.43. The van der Waals surface area contributed by atoms with Gasteiger partial charge in [-0.15, -0.1) is 0 Å². The average molecular weight is 172 g/mol. The van der Waals surface area contributed by atoms with Gasteiger partial charge >= 0.3 is 0 Å². The molecule has 1 aromatic rings. The Kier molecular flexibility index (Phi) is 1.63. The van der Waals surface area contributed by atoms with Crippen LogP contribution in [0.1, 0.15) is 42.6 Å². The zero-order valence-corrected chi connectivity index (χ0v) is 6.77. The minimum Gasteiger partial charge on any atom is -0.282 e. The number of hydrogen-bond donors (Lipinski definition) is 1. The van der Waals surface area contributed by atoms with Gasteiger partial charge in [0, 0.05) is 11.3 Å². The molecule has 0 saturated carbocycles. The summed E-state index contributed by atoms with van der Waals surface area (Å²) in [6.07, 6.45) is -0.730. The van der Waals surface area contributed by atoms with E-state index >= 15 is 0 Å². The zero-order chi connectivity index (χ0) is 8.72. The van der Waals surface area contributed by atoms with Gasteiger partial charge in [-0.2, -0.15) is 5.10 Å². The lowest BCUT2D eigenvalue weighted by Gasteiger charge is -1.96. The van der Waals surface area contributed by atoms with Gasteiger partial charge in [0.05, 0.1) is 0 Å². The van der Waals surface area contributed by atoms with Gasteiger partial charge in [0.1, 0.15) is 5.69 Å². The van der Waals surface area contributed by atoms with Crippen LogP contribution in [-0.2, 0) is 6.42 Å². The Bertz CT molecular complexity index is 293. The number of alkyl halides is 2. The van der Waals surface area contributed by atoms with Crippen LogP contribution in [0, 0.1) is 0 Å². The Hall–Kier alpha value is -0.930. The number of hydrogen-bond acceptors (Lipinski definition) is 1. The van der Waals surface area contributed by atoms with Gasteiger partial charge in [-0.05, 0) is 18.8 Å². The van der Waals surface area contributed by atoms with Gasteiger partial charge < -0.3 is 0 Å². The molecule has 66 valence electrons. The van der Waals surface area contributed by atoms with Gasteiger partial charge in [-0.25, -0.2) is 8.78 Å². The van der Waals surface area contributed by atoms with Crippen molar-refractivity contribution in [1.82, 2.24) is 10.2 Å². The second-order valence-corrected chi connectivity index (χ2v) is 3.24. The molecule has 1 aliphatic rings. The van der Waals surface area contributed by atoms with Crippen molar-refractivity contribution in [3.8, 4) is 0 Å². The zero-order valence-electron chi connectivity index (χ0n) is 6.77. The number of nitrogens with zero attached hydrogens (tertiary/aromatic N) is 1. The van der Waals surface area contributed by atoms with E-state index in [4.69, 9.17) is 0 Å². The number of rotatable bonds is 1. The molecule has 1 aromatic heterocycles. The fourth-order valence-electron chi connectivity index (χ4n) is 1.75. The summed E-state index contributed by atoms with van der Waals surface area (Å²) >= 11 is 0. The van der Waals surface area contributed by atoms with E-state index in [9.17, 15) is 8.78 Å². The Morgan fingerprint density at radius 1 is 1.58 bits per heavy atom. The predicted molar refractivity (Wildman–Crippen MR) is 40.3 cm³/mol. The third-order valence-electron chi connectivity index (χ3n) is 2.46. The summed E-state index contributed by atoms with van der Waals surface area (Å²) in [6, 6.07) is 0. The van der Waals surface area contributed by atoms with Crippen molar-refractivity contribution in [3.63, 3.8) is 0 Å². The SMILES string of the molecule is CC1CCc2c(C(F)F)n[nH]c21. The Balaban J connectivity index is 2.43. The lowest BCUT2D eigenvalue weighted by atomic mass is 10.1. The fraction of sp³-hybridized carbons (Fsp3) is 0.625. The largest absolute Gasteiger partial charge is 0.282 e. The first-order valence-electron chi connectivity index (χ1n) is 4.05. The van der Waals surface area contributed by atoms with Gasteiger partial charge in [-0.3, -0.25) is 5.10 Å². The molecule has 1 atom stereocenters. The molecule has 0 saturated heterocycles. The van der Waals surface area contributed by atoms with Crippen LogP contribution in [-0.4, -0.2) is 10.2 Å². The number of aromatic amines is 1. The standard InChI is InChI=1S/C8H10F2N2/c1-4-2-3-5-6(4)11-12-7(5)8(9)10/h4,8H,2-3H2,1H3,(H,11,12). The van der Waals surface area contributed by atoms with Crippen LogP contribution in [0.2, 0.25) is 0 Å². The molecule has 4 heteroatoms. The molecular formula is C8H10F2N2. The second-order valence-electron chi connectivity index (χ2n) is 3.24. The van der Waals surface area contributed by atoms with Gasteiger partial charge in [0.15, 0.2) is 0 Å². The van der Waals surface area contributed by atoms with Crippen molar-refractivity contribution in [1.29, 1.82) is 0 Å². The molecule has 2 rings (SSSR count). The highest BCUT2D eigenvalue weighted by Crippen LogP contribution is 2.35. The van der Waals surface area contributed by atoms with Crippen molar-refractivity contribution in [2.45, 2.75) is 32.1 Å². The highest BCUT2D eigenvalue weighted by atomic mass is 19.3. The Morgan fingerprint density at radius 3 is 3.00 bits per heavy atom.